The average molecular weight is 304 g/mol. The molecule has 2 aliphatic rings. The molecule has 2 aliphatic heterocycles. The lowest BCUT2D eigenvalue weighted by atomic mass is 10.1. The number of nitrogens with zero attached hydrogens (tertiary/aromatic N) is 1. The fourth-order valence-electron chi connectivity index (χ4n) is 2.49. The predicted molar refractivity (Wildman–Crippen MR) is 72.0 cm³/mol. The SMILES string of the molecule is CC(C)(C)OC(=O)N1CCS(=O)(=O)C2(CCNC2=O)C1. The molecule has 1 spiro atoms. The molecule has 0 aliphatic carbocycles. The summed E-state index contributed by atoms with van der Waals surface area (Å²) in [6.07, 6.45) is -0.375. The van der Waals surface area contributed by atoms with E-state index in [1.54, 1.807) is 20.8 Å². The molecule has 0 aromatic heterocycles. The van der Waals surface area contributed by atoms with Crippen molar-refractivity contribution < 1.29 is 22.7 Å². The van der Waals surface area contributed by atoms with Gasteiger partial charge in [0.2, 0.25) is 5.91 Å². The Kier molecular flexibility index (Phi) is 3.48. The third-order valence-corrected chi connectivity index (χ3v) is 5.98. The zero-order valence-corrected chi connectivity index (χ0v) is 12.7. The highest BCUT2D eigenvalue weighted by molar-refractivity contribution is 7.93. The zero-order chi connectivity index (χ0) is 15.2. The van der Waals surface area contributed by atoms with E-state index in [1.165, 1.54) is 4.90 Å². The average Bonchev–Trinajstić information content (AvgIpc) is 2.63. The maximum Gasteiger partial charge on any atom is 0.410 e. The Morgan fingerprint density at radius 3 is 2.55 bits per heavy atom. The molecule has 2 fully saturated rings. The molecule has 1 atom stereocenters. The standard InChI is InChI=1S/C12H20N2O5S/c1-11(2,3)19-10(16)14-6-7-20(17,18)12(8-14)4-5-13-9(12)15/h4-8H2,1-3H3,(H,13,15). The smallest absolute Gasteiger partial charge is 0.410 e. The largest absolute Gasteiger partial charge is 0.444 e. The van der Waals surface area contributed by atoms with Crippen LogP contribution in [0.2, 0.25) is 0 Å². The summed E-state index contributed by atoms with van der Waals surface area (Å²) in [6, 6.07) is 0. The Bertz CT molecular complexity index is 537. The van der Waals surface area contributed by atoms with Crippen molar-refractivity contribution >= 4 is 21.8 Å². The van der Waals surface area contributed by atoms with Crippen molar-refractivity contribution in [3.8, 4) is 0 Å². The van der Waals surface area contributed by atoms with Crippen LogP contribution in [-0.2, 0) is 19.4 Å². The summed E-state index contributed by atoms with van der Waals surface area (Å²) >= 11 is 0. The van der Waals surface area contributed by atoms with E-state index in [-0.39, 0.29) is 25.3 Å². The van der Waals surface area contributed by atoms with Gasteiger partial charge < -0.3 is 15.0 Å². The lowest BCUT2D eigenvalue weighted by Crippen LogP contribution is -2.61. The molecule has 1 N–H and O–H groups in total. The maximum absolute atomic E-state index is 12.2. The molecule has 1 unspecified atom stereocenters. The normalized spacial score (nSPS) is 29.4. The third-order valence-electron chi connectivity index (χ3n) is 3.55. The second kappa shape index (κ2) is 4.61. The molecule has 7 nitrogen and oxygen atoms in total. The summed E-state index contributed by atoms with van der Waals surface area (Å²) in [7, 11) is -3.54. The van der Waals surface area contributed by atoms with E-state index in [2.05, 4.69) is 5.32 Å². The van der Waals surface area contributed by atoms with Crippen molar-refractivity contribution in [3.63, 3.8) is 0 Å². The van der Waals surface area contributed by atoms with Crippen LogP contribution in [-0.4, -0.2) is 61.1 Å². The van der Waals surface area contributed by atoms with Crippen molar-refractivity contribution in [2.24, 2.45) is 0 Å². The first-order valence-electron chi connectivity index (χ1n) is 6.56. The minimum Gasteiger partial charge on any atom is -0.444 e. The molecule has 2 amide bonds. The quantitative estimate of drug-likeness (QED) is 0.675. The number of hydrogen-bond acceptors (Lipinski definition) is 5. The molecule has 0 aromatic carbocycles. The van der Waals surface area contributed by atoms with Crippen molar-refractivity contribution in [1.29, 1.82) is 0 Å². The molecule has 0 aromatic rings. The van der Waals surface area contributed by atoms with Gasteiger partial charge in [0.15, 0.2) is 14.6 Å². The summed E-state index contributed by atoms with van der Waals surface area (Å²) in [5, 5.41) is 2.55. The van der Waals surface area contributed by atoms with Crippen LogP contribution in [0.15, 0.2) is 0 Å². The summed E-state index contributed by atoms with van der Waals surface area (Å²) in [4.78, 5) is 25.3. The number of carbonyl (C=O) groups excluding carboxylic acids is 2. The van der Waals surface area contributed by atoms with Crippen molar-refractivity contribution in [2.45, 2.75) is 37.5 Å². The number of ether oxygens (including phenoxy) is 1. The van der Waals surface area contributed by atoms with E-state index in [0.717, 1.165) is 0 Å². The lowest BCUT2D eigenvalue weighted by molar-refractivity contribution is -0.121. The Hall–Kier alpha value is -1.31. The van der Waals surface area contributed by atoms with E-state index >= 15 is 0 Å². The van der Waals surface area contributed by atoms with Crippen LogP contribution in [0.4, 0.5) is 4.79 Å². The van der Waals surface area contributed by atoms with Crippen LogP contribution in [0.5, 0.6) is 0 Å². The molecule has 2 heterocycles. The number of amides is 2. The Morgan fingerprint density at radius 2 is 2.05 bits per heavy atom. The van der Waals surface area contributed by atoms with Crippen molar-refractivity contribution in [2.75, 3.05) is 25.4 Å². The number of rotatable bonds is 0. The monoisotopic (exact) mass is 304 g/mol. The van der Waals surface area contributed by atoms with E-state index in [9.17, 15) is 18.0 Å². The van der Waals surface area contributed by atoms with Crippen molar-refractivity contribution in [1.82, 2.24) is 10.2 Å². The van der Waals surface area contributed by atoms with Crippen molar-refractivity contribution in [3.05, 3.63) is 0 Å². The molecule has 8 heteroatoms. The van der Waals surface area contributed by atoms with Gasteiger partial charge in [0.25, 0.3) is 0 Å². The fourth-order valence-corrected chi connectivity index (χ4v) is 4.47. The molecule has 0 bridgehead atoms. The summed E-state index contributed by atoms with van der Waals surface area (Å²) < 4.78 is 28.2. The Balaban J connectivity index is 2.22. The van der Waals surface area contributed by atoms with Gasteiger partial charge in [0, 0.05) is 13.1 Å². The van der Waals surface area contributed by atoms with Gasteiger partial charge in [-0.3, -0.25) is 4.79 Å². The third kappa shape index (κ3) is 2.48. The highest BCUT2D eigenvalue weighted by atomic mass is 32.2. The molecule has 0 saturated carbocycles. The van der Waals surface area contributed by atoms with Gasteiger partial charge in [-0.15, -0.1) is 0 Å². The van der Waals surface area contributed by atoms with Gasteiger partial charge in [-0.2, -0.15) is 0 Å². The Morgan fingerprint density at radius 1 is 1.40 bits per heavy atom. The predicted octanol–water partition coefficient (Wildman–Crippen LogP) is -0.0894. The minimum atomic E-state index is -3.54. The van der Waals surface area contributed by atoms with Gasteiger partial charge >= 0.3 is 6.09 Å². The van der Waals surface area contributed by atoms with Crippen LogP contribution in [0.1, 0.15) is 27.2 Å². The molecule has 114 valence electrons. The van der Waals surface area contributed by atoms with Crippen LogP contribution < -0.4 is 5.32 Å². The van der Waals surface area contributed by atoms with Crippen LogP contribution in [0.3, 0.4) is 0 Å². The first kappa shape index (κ1) is 15.1. The summed E-state index contributed by atoms with van der Waals surface area (Å²) in [6.45, 7) is 5.47. The molecule has 2 saturated heterocycles. The number of nitrogens with one attached hydrogen (secondary N) is 1. The molecular weight excluding hydrogens is 284 g/mol. The molecular formula is C12H20N2O5S. The number of hydrogen-bond donors (Lipinski definition) is 1. The zero-order valence-electron chi connectivity index (χ0n) is 11.9. The number of sulfone groups is 1. The summed E-state index contributed by atoms with van der Waals surface area (Å²) in [5.41, 5.74) is -0.654. The minimum absolute atomic E-state index is 0.0618. The first-order valence-corrected chi connectivity index (χ1v) is 8.21. The second-order valence-corrected chi connectivity index (χ2v) is 8.64. The van der Waals surface area contributed by atoms with E-state index in [1.807, 2.05) is 0 Å². The number of carbonyl (C=O) groups is 2. The van der Waals surface area contributed by atoms with E-state index in [0.29, 0.717) is 6.54 Å². The maximum atomic E-state index is 12.2. The van der Waals surface area contributed by atoms with Gasteiger partial charge in [-0.05, 0) is 27.2 Å². The van der Waals surface area contributed by atoms with Crippen LogP contribution in [0.25, 0.3) is 0 Å². The van der Waals surface area contributed by atoms with Gasteiger partial charge in [-0.25, -0.2) is 13.2 Å². The molecule has 2 rings (SSSR count). The van der Waals surface area contributed by atoms with E-state index in [4.69, 9.17) is 4.74 Å². The molecule has 0 radical (unpaired) electrons. The van der Waals surface area contributed by atoms with Gasteiger partial charge in [0.1, 0.15) is 5.60 Å². The summed E-state index contributed by atoms with van der Waals surface area (Å²) in [5.74, 6) is -0.717. The second-order valence-electron chi connectivity index (χ2n) is 6.22. The Labute approximate surface area is 118 Å². The van der Waals surface area contributed by atoms with Gasteiger partial charge in [0.05, 0.1) is 12.3 Å². The van der Waals surface area contributed by atoms with Crippen LogP contribution in [0, 0.1) is 0 Å². The first-order chi connectivity index (χ1) is 9.07. The molecule has 20 heavy (non-hydrogen) atoms. The topological polar surface area (TPSA) is 92.8 Å². The highest BCUT2D eigenvalue weighted by Gasteiger charge is 2.57. The fraction of sp³-hybridized carbons (Fsp3) is 0.833. The highest BCUT2D eigenvalue weighted by Crippen LogP contribution is 2.32. The lowest BCUT2D eigenvalue weighted by Gasteiger charge is -2.38. The van der Waals surface area contributed by atoms with E-state index < -0.39 is 32.2 Å². The van der Waals surface area contributed by atoms with Crippen LogP contribution >= 0.6 is 0 Å². The van der Waals surface area contributed by atoms with Gasteiger partial charge in [-0.1, -0.05) is 0 Å².